The maximum absolute atomic E-state index is 12.6. The van der Waals surface area contributed by atoms with E-state index in [4.69, 9.17) is 14.2 Å². The lowest BCUT2D eigenvalue weighted by Crippen LogP contribution is -2.45. The molecular weight excluding hydrogens is 456 g/mol. The van der Waals surface area contributed by atoms with Crippen molar-refractivity contribution in [2.45, 2.75) is 148 Å². The number of allylic oxidation sites excluding steroid dienone is 2. The van der Waals surface area contributed by atoms with E-state index in [-0.39, 0.29) is 32.4 Å². The van der Waals surface area contributed by atoms with E-state index in [0.717, 1.165) is 32.1 Å². The van der Waals surface area contributed by atoms with Gasteiger partial charge >= 0.3 is 5.97 Å². The molecule has 0 bridgehead atoms. The Morgan fingerprint density at radius 3 is 1.67 bits per heavy atom. The summed E-state index contributed by atoms with van der Waals surface area (Å²) in [6, 6.07) is 0. The first-order chi connectivity index (χ1) is 17.3. The number of esters is 1. The molecule has 2 unspecified atom stereocenters. The van der Waals surface area contributed by atoms with Crippen LogP contribution < -0.4 is 0 Å². The standard InChI is InChI=1S/C30H58O6/c1-5-7-8-9-10-11-12-13-14-15-16-17-18-19-20-21-29(33)36-30(22-6-2,25-34-23-27(3)31)26-35-24-28(4)32/h13-14,27-28,31-32H,5-12,15-26H2,1-4H3. The normalized spacial score (nSPS) is 15.2. The Morgan fingerprint density at radius 2 is 1.19 bits per heavy atom. The van der Waals surface area contributed by atoms with Crippen molar-refractivity contribution in [1.29, 1.82) is 0 Å². The summed E-state index contributed by atoms with van der Waals surface area (Å²) >= 11 is 0. The minimum atomic E-state index is -0.891. The molecule has 36 heavy (non-hydrogen) atoms. The number of carbonyl (C=O) groups excluding carboxylic acids is 1. The first-order valence-electron chi connectivity index (χ1n) is 14.7. The van der Waals surface area contributed by atoms with Crippen LogP contribution >= 0.6 is 0 Å². The van der Waals surface area contributed by atoms with E-state index in [0.29, 0.717) is 12.8 Å². The van der Waals surface area contributed by atoms with E-state index in [1.807, 2.05) is 6.92 Å². The predicted octanol–water partition coefficient (Wildman–Crippen LogP) is 6.90. The highest BCUT2D eigenvalue weighted by Gasteiger charge is 2.35. The van der Waals surface area contributed by atoms with Crippen molar-refractivity contribution in [3.05, 3.63) is 12.2 Å². The number of hydrogen-bond acceptors (Lipinski definition) is 6. The van der Waals surface area contributed by atoms with Gasteiger partial charge in [-0.05, 0) is 52.4 Å². The van der Waals surface area contributed by atoms with Gasteiger partial charge in [0.25, 0.3) is 0 Å². The summed E-state index contributed by atoms with van der Waals surface area (Å²) in [5.41, 5.74) is -0.891. The Balaban J connectivity index is 4.15. The second-order valence-corrected chi connectivity index (χ2v) is 10.5. The molecule has 0 amide bonds. The van der Waals surface area contributed by atoms with Crippen molar-refractivity contribution in [2.24, 2.45) is 0 Å². The average Bonchev–Trinajstić information content (AvgIpc) is 2.81. The van der Waals surface area contributed by atoms with E-state index < -0.39 is 17.8 Å². The van der Waals surface area contributed by atoms with E-state index >= 15 is 0 Å². The molecule has 2 N–H and O–H groups in total. The highest BCUT2D eigenvalue weighted by atomic mass is 16.6. The minimum Gasteiger partial charge on any atom is -0.454 e. The van der Waals surface area contributed by atoms with Crippen LogP contribution in [0.4, 0.5) is 0 Å². The number of ether oxygens (including phenoxy) is 3. The van der Waals surface area contributed by atoms with Crippen LogP contribution in [0.15, 0.2) is 12.2 Å². The lowest BCUT2D eigenvalue weighted by molar-refractivity contribution is -0.180. The van der Waals surface area contributed by atoms with Gasteiger partial charge in [-0.3, -0.25) is 4.79 Å². The fourth-order valence-corrected chi connectivity index (χ4v) is 4.22. The van der Waals surface area contributed by atoms with Crippen LogP contribution in [0.2, 0.25) is 0 Å². The molecule has 0 spiro atoms. The van der Waals surface area contributed by atoms with Gasteiger partial charge in [-0.25, -0.2) is 0 Å². The SMILES string of the molecule is CCCCCCCCC=CCCCCCCCC(=O)OC(CCC)(COCC(C)O)COCC(C)O. The molecule has 0 fully saturated rings. The second kappa shape index (κ2) is 24.4. The molecule has 0 aliphatic carbocycles. The number of aliphatic hydroxyl groups is 2. The summed E-state index contributed by atoms with van der Waals surface area (Å²) in [6.07, 6.45) is 21.1. The van der Waals surface area contributed by atoms with Gasteiger partial charge in [0.15, 0.2) is 5.60 Å². The summed E-state index contributed by atoms with van der Waals surface area (Å²) in [5, 5.41) is 19.0. The number of aliphatic hydroxyl groups excluding tert-OH is 2. The van der Waals surface area contributed by atoms with E-state index in [2.05, 4.69) is 19.1 Å². The van der Waals surface area contributed by atoms with Crippen LogP contribution in [0.3, 0.4) is 0 Å². The van der Waals surface area contributed by atoms with Gasteiger partial charge in [-0.15, -0.1) is 0 Å². The van der Waals surface area contributed by atoms with Crippen molar-refractivity contribution >= 4 is 5.97 Å². The molecule has 0 saturated heterocycles. The number of carbonyl (C=O) groups is 1. The third kappa shape index (κ3) is 22.3. The Labute approximate surface area is 222 Å². The fraction of sp³-hybridized carbons (Fsp3) is 0.900. The van der Waals surface area contributed by atoms with Gasteiger partial charge in [0.2, 0.25) is 0 Å². The van der Waals surface area contributed by atoms with Gasteiger partial charge in [0.1, 0.15) is 0 Å². The largest absolute Gasteiger partial charge is 0.454 e. The second-order valence-electron chi connectivity index (χ2n) is 10.5. The molecule has 0 saturated carbocycles. The van der Waals surface area contributed by atoms with Crippen LogP contribution in [0, 0.1) is 0 Å². The van der Waals surface area contributed by atoms with Crippen molar-refractivity contribution in [1.82, 2.24) is 0 Å². The van der Waals surface area contributed by atoms with Crippen LogP contribution in [0.5, 0.6) is 0 Å². The molecule has 214 valence electrons. The molecule has 2 atom stereocenters. The lowest BCUT2D eigenvalue weighted by atomic mass is 9.99. The van der Waals surface area contributed by atoms with Crippen LogP contribution in [0.25, 0.3) is 0 Å². The predicted molar refractivity (Wildman–Crippen MR) is 148 cm³/mol. The quantitative estimate of drug-likeness (QED) is 0.0742. The van der Waals surface area contributed by atoms with Gasteiger partial charge in [0, 0.05) is 6.42 Å². The van der Waals surface area contributed by atoms with Crippen LogP contribution in [0.1, 0.15) is 130 Å². The van der Waals surface area contributed by atoms with Gasteiger partial charge < -0.3 is 24.4 Å². The summed E-state index contributed by atoms with van der Waals surface area (Å²) in [4.78, 5) is 12.6. The van der Waals surface area contributed by atoms with Crippen molar-refractivity contribution < 1.29 is 29.2 Å². The zero-order chi connectivity index (χ0) is 26.9. The molecule has 0 heterocycles. The van der Waals surface area contributed by atoms with Crippen molar-refractivity contribution in [2.75, 3.05) is 26.4 Å². The summed E-state index contributed by atoms with van der Waals surface area (Å²) < 4.78 is 17.2. The maximum atomic E-state index is 12.6. The summed E-state index contributed by atoms with van der Waals surface area (Å²) in [7, 11) is 0. The number of hydrogen-bond donors (Lipinski definition) is 2. The van der Waals surface area contributed by atoms with Crippen molar-refractivity contribution in [3.8, 4) is 0 Å². The maximum Gasteiger partial charge on any atom is 0.306 e. The zero-order valence-corrected chi connectivity index (χ0v) is 24.0. The van der Waals surface area contributed by atoms with E-state index in [1.165, 1.54) is 57.8 Å². The molecule has 6 heteroatoms. The number of unbranched alkanes of at least 4 members (excludes halogenated alkanes) is 11. The zero-order valence-electron chi connectivity index (χ0n) is 24.0. The monoisotopic (exact) mass is 514 g/mol. The third-order valence-electron chi connectivity index (χ3n) is 6.13. The molecule has 0 aromatic heterocycles. The summed E-state index contributed by atoms with van der Waals surface area (Å²) in [5.74, 6) is -0.234. The summed E-state index contributed by atoms with van der Waals surface area (Å²) in [6.45, 7) is 8.28. The molecule has 0 radical (unpaired) electrons. The fourth-order valence-electron chi connectivity index (χ4n) is 4.22. The van der Waals surface area contributed by atoms with Gasteiger partial charge in [-0.2, -0.15) is 0 Å². The highest BCUT2D eigenvalue weighted by Crippen LogP contribution is 2.22. The molecule has 6 nitrogen and oxygen atoms in total. The Kier molecular flexibility index (Phi) is 23.7. The Morgan fingerprint density at radius 1 is 0.722 bits per heavy atom. The first-order valence-corrected chi connectivity index (χ1v) is 14.7. The van der Waals surface area contributed by atoms with E-state index in [1.54, 1.807) is 13.8 Å². The minimum absolute atomic E-state index is 0.170. The topological polar surface area (TPSA) is 85.2 Å². The first kappa shape index (κ1) is 35.0. The lowest BCUT2D eigenvalue weighted by Gasteiger charge is -2.33. The van der Waals surface area contributed by atoms with Crippen LogP contribution in [-0.4, -0.2) is 60.4 Å². The van der Waals surface area contributed by atoms with Gasteiger partial charge in [0.05, 0.1) is 38.6 Å². The molecule has 0 aromatic rings. The van der Waals surface area contributed by atoms with Gasteiger partial charge in [-0.1, -0.05) is 83.8 Å². The average molecular weight is 515 g/mol. The molecule has 0 aromatic carbocycles. The Bertz CT molecular complexity index is 504. The smallest absolute Gasteiger partial charge is 0.306 e. The molecule has 0 aliphatic heterocycles. The Hall–Kier alpha value is -0.950. The molecule has 0 rings (SSSR count). The third-order valence-corrected chi connectivity index (χ3v) is 6.13. The van der Waals surface area contributed by atoms with Crippen LogP contribution in [-0.2, 0) is 19.0 Å². The highest BCUT2D eigenvalue weighted by molar-refractivity contribution is 5.69. The van der Waals surface area contributed by atoms with Crippen molar-refractivity contribution in [3.63, 3.8) is 0 Å². The molecular formula is C30H58O6. The molecule has 0 aliphatic rings. The van der Waals surface area contributed by atoms with E-state index in [9.17, 15) is 15.0 Å². The number of rotatable bonds is 26.